The Labute approximate surface area is 112 Å². The van der Waals surface area contributed by atoms with E-state index in [0.29, 0.717) is 10.4 Å². The maximum atomic E-state index is 13.0. The van der Waals surface area contributed by atoms with Crippen LogP contribution in [0.2, 0.25) is 5.02 Å². The van der Waals surface area contributed by atoms with E-state index in [4.69, 9.17) is 11.6 Å². The van der Waals surface area contributed by atoms with Crippen LogP contribution in [0.15, 0.2) is 18.2 Å². The molecule has 1 spiro atoms. The van der Waals surface area contributed by atoms with Crippen LogP contribution in [0.1, 0.15) is 18.4 Å². The third-order valence-corrected chi connectivity index (χ3v) is 4.61. The molecule has 2 nitrogen and oxygen atoms in total. The van der Waals surface area contributed by atoms with Crippen molar-refractivity contribution in [2.45, 2.75) is 19.4 Å². The fourth-order valence-corrected chi connectivity index (χ4v) is 3.42. The molecule has 2 aliphatic rings. The Hall–Kier alpha value is -0.640. The zero-order chi connectivity index (χ0) is 12.6. The Balaban J connectivity index is 1.67. The summed E-state index contributed by atoms with van der Waals surface area (Å²) in [5, 5.41) is 4.00. The molecule has 1 aromatic carbocycles. The Morgan fingerprint density at radius 1 is 1.39 bits per heavy atom. The molecular formula is C14H18ClFN2. The highest BCUT2D eigenvalue weighted by molar-refractivity contribution is 6.31. The van der Waals surface area contributed by atoms with Gasteiger partial charge in [0.2, 0.25) is 0 Å². The Kier molecular flexibility index (Phi) is 3.31. The van der Waals surface area contributed by atoms with Gasteiger partial charge < -0.3 is 5.32 Å². The van der Waals surface area contributed by atoms with Crippen molar-refractivity contribution >= 4 is 11.6 Å². The van der Waals surface area contributed by atoms with Crippen molar-refractivity contribution in [1.29, 1.82) is 0 Å². The molecule has 0 aliphatic carbocycles. The summed E-state index contributed by atoms with van der Waals surface area (Å²) in [6, 6.07) is 4.69. The van der Waals surface area contributed by atoms with E-state index < -0.39 is 0 Å². The van der Waals surface area contributed by atoms with Crippen molar-refractivity contribution in [3.05, 3.63) is 34.6 Å². The molecule has 0 bridgehead atoms. The van der Waals surface area contributed by atoms with Gasteiger partial charge in [0, 0.05) is 24.7 Å². The first-order valence-corrected chi connectivity index (χ1v) is 6.92. The molecule has 0 amide bonds. The van der Waals surface area contributed by atoms with Crippen LogP contribution in [-0.4, -0.2) is 31.1 Å². The van der Waals surface area contributed by atoms with Crippen LogP contribution in [0.5, 0.6) is 0 Å². The zero-order valence-corrected chi connectivity index (χ0v) is 11.1. The predicted octanol–water partition coefficient (Wildman–Crippen LogP) is 2.66. The van der Waals surface area contributed by atoms with Crippen molar-refractivity contribution in [3.63, 3.8) is 0 Å². The largest absolute Gasteiger partial charge is 0.316 e. The van der Waals surface area contributed by atoms with Gasteiger partial charge in [-0.05, 0) is 49.0 Å². The van der Waals surface area contributed by atoms with Crippen molar-refractivity contribution < 1.29 is 4.39 Å². The molecule has 4 heteroatoms. The molecule has 18 heavy (non-hydrogen) atoms. The van der Waals surface area contributed by atoms with Gasteiger partial charge in [0.15, 0.2) is 0 Å². The molecule has 0 aromatic heterocycles. The first-order valence-electron chi connectivity index (χ1n) is 6.54. The summed E-state index contributed by atoms with van der Waals surface area (Å²) in [7, 11) is 0. The van der Waals surface area contributed by atoms with Crippen LogP contribution in [-0.2, 0) is 6.54 Å². The zero-order valence-electron chi connectivity index (χ0n) is 10.4. The number of hydrogen-bond acceptors (Lipinski definition) is 2. The van der Waals surface area contributed by atoms with E-state index in [1.165, 1.54) is 25.0 Å². The lowest BCUT2D eigenvalue weighted by atomic mass is 9.86. The first kappa shape index (κ1) is 12.4. The highest BCUT2D eigenvalue weighted by atomic mass is 35.5. The van der Waals surface area contributed by atoms with Crippen LogP contribution in [0.25, 0.3) is 0 Å². The fraction of sp³-hybridized carbons (Fsp3) is 0.571. The highest BCUT2D eigenvalue weighted by Gasteiger charge is 2.40. The summed E-state index contributed by atoms with van der Waals surface area (Å²) >= 11 is 6.08. The molecule has 2 heterocycles. The molecule has 1 unspecified atom stereocenters. The maximum Gasteiger partial charge on any atom is 0.124 e. The smallest absolute Gasteiger partial charge is 0.124 e. The second-order valence-corrected chi connectivity index (χ2v) is 6.03. The third-order valence-electron chi connectivity index (χ3n) is 4.26. The lowest BCUT2D eigenvalue weighted by Gasteiger charge is -2.23. The van der Waals surface area contributed by atoms with Gasteiger partial charge in [-0.1, -0.05) is 17.7 Å². The minimum atomic E-state index is -0.262. The molecule has 1 N–H and O–H groups in total. The van der Waals surface area contributed by atoms with E-state index in [-0.39, 0.29) is 5.82 Å². The van der Waals surface area contributed by atoms with Gasteiger partial charge in [0.25, 0.3) is 0 Å². The number of benzene rings is 1. The highest BCUT2D eigenvalue weighted by Crippen LogP contribution is 2.36. The van der Waals surface area contributed by atoms with Crippen LogP contribution < -0.4 is 5.32 Å². The topological polar surface area (TPSA) is 15.3 Å². The van der Waals surface area contributed by atoms with E-state index >= 15 is 0 Å². The molecular weight excluding hydrogens is 251 g/mol. The second kappa shape index (κ2) is 4.80. The van der Waals surface area contributed by atoms with E-state index in [1.807, 2.05) is 0 Å². The van der Waals surface area contributed by atoms with Gasteiger partial charge in [-0.2, -0.15) is 0 Å². The average Bonchev–Trinajstić information content (AvgIpc) is 2.94. The molecule has 3 rings (SSSR count). The van der Waals surface area contributed by atoms with Crippen LogP contribution in [0, 0.1) is 11.2 Å². The standard InChI is InChI=1S/C14H18ClFN2/c15-13-7-12(16)2-1-11(13)8-18-6-4-14(10-18)3-5-17-9-14/h1-2,7,17H,3-6,8-10H2. The third kappa shape index (κ3) is 2.40. The number of hydrogen-bond donors (Lipinski definition) is 1. The molecule has 1 atom stereocenters. The van der Waals surface area contributed by atoms with Gasteiger partial charge in [0.05, 0.1) is 0 Å². The van der Waals surface area contributed by atoms with E-state index in [0.717, 1.165) is 38.3 Å². The van der Waals surface area contributed by atoms with Crippen molar-refractivity contribution in [2.24, 2.45) is 5.41 Å². The second-order valence-electron chi connectivity index (χ2n) is 5.62. The lowest BCUT2D eigenvalue weighted by molar-refractivity contribution is 0.268. The minimum absolute atomic E-state index is 0.262. The molecule has 0 saturated carbocycles. The first-order chi connectivity index (χ1) is 8.67. The van der Waals surface area contributed by atoms with Gasteiger partial charge in [-0.25, -0.2) is 4.39 Å². The SMILES string of the molecule is Fc1ccc(CN2CCC3(CCNC3)C2)c(Cl)c1. The fourth-order valence-electron chi connectivity index (χ4n) is 3.20. The molecule has 1 aromatic rings. The van der Waals surface area contributed by atoms with Crippen molar-refractivity contribution in [3.8, 4) is 0 Å². The van der Waals surface area contributed by atoms with Crippen LogP contribution in [0.3, 0.4) is 0 Å². The Morgan fingerprint density at radius 3 is 3.00 bits per heavy atom. The average molecular weight is 269 g/mol. The summed E-state index contributed by atoms with van der Waals surface area (Å²) < 4.78 is 13.0. The van der Waals surface area contributed by atoms with Crippen molar-refractivity contribution in [1.82, 2.24) is 10.2 Å². The maximum absolute atomic E-state index is 13.0. The number of nitrogens with one attached hydrogen (secondary N) is 1. The van der Waals surface area contributed by atoms with Gasteiger partial charge in [0.1, 0.15) is 5.82 Å². The molecule has 2 fully saturated rings. The van der Waals surface area contributed by atoms with E-state index in [2.05, 4.69) is 10.2 Å². The molecule has 2 aliphatic heterocycles. The Morgan fingerprint density at radius 2 is 2.28 bits per heavy atom. The number of likely N-dealkylation sites (tertiary alicyclic amines) is 1. The minimum Gasteiger partial charge on any atom is -0.316 e. The summed E-state index contributed by atoms with van der Waals surface area (Å²) in [6.07, 6.45) is 2.54. The van der Waals surface area contributed by atoms with Gasteiger partial charge >= 0.3 is 0 Å². The summed E-state index contributed by atoms with van der Waals surface area (Å²) in [6.45, 7) is 5.37. The molecule has 98 valence electrons. The number of rotatable bonds is 2. The monoisotopic (exact) mass is 268 g/mol. The van der Waals surface area contributed by atoms with E-state index in [1.54, 1.807) is 6.07 Å². The summed E-state index contributed by atoms with van der Waals surface area (Å²) in [5.41, 5.74) is 1.51. The normalized spacial score (nSPS) is 28.3. The number of halogens is 2. The molecule has 0 radical (unpaired) electrons. The number of nitrogens with zero attached hydrogens (tertiary/aromatic N) is 1. The van der Waals surface area contributed by atoms with Gasteiger partial charge in [-0.15, -0.1) is 0 Å². The quantitative estimate of drug-likeness (QED) is 0.887. The molecule has 2 saturated heterocycles. The summed E-state index contributed by atoms with van der Waals surface area (Å²) in [4.78, 5) is 2.44. The summed E-state index contributed by atoms with van der Waals surface area (Å²) in [5.74, 6) is -0.262. The Bertz CT molecular complexity index is 443. The van der Waals surface area contributed by atoms with Crippen LogP contribution >= 0.6 is 11.6 Å². The van der Waals surface area contributed by atoms with Gasteiger partial charge in [-0.3, -0.25) is 4.90 Å². The lowest BCUT2D eigenvalue weighted by Crippen LogP contribution is -2.29. The van der Waals surface area contributed by atoms with Crippen LogP contribution in [0.4, 0.5) is 4.39 Å². The predicted molar refractivity (Wildman–Crippen MR) is 71.2 cm³/mol. The van der Waals surface area contributed by atoms with Crippen molar-refractivity contribution in [2.75, 3.05) is 26.2 Å². The van der Waals surface area contributed by atoms with E-state index in [9.17, 15) is 4.39 Å².